The molecular formula is C25H52OSn. The van der Waals surface area contributed by atoms with Crippen molar-refractivity contribution < 1.29 is 5.11 Å². The Morgan fingerprint density at radius 2 is 1.22 bits per heavy atom. The Morgan fingerprint density at radius 3 is 1.67 bits per heavy atom. The van der Waals surface area contributed by atoms with Gasteiger partial charge in [-0.05, 0) is 0 Å². The molecule has 1 aliphatic carbocycles. The van der Waals surface area contributed by atoms with Crippen LogP contribution in [0, 0.1) is 5.92 Å². The fourth-order valence-electron chi connectivity index (χ4n) is 5.70. The van der Waals surface area contributed by atoms with Crippen LogP contribution in [0.4, 0.5) is 0 Å². The van der Waals surface area contributed by atoms with E-state index in [4.69, 9.17) is 0 Å². The summed E-state index contributed by atoms with van der Waals surface area (Å²) in [6.45, 7) is 9.51. The van der Waals surface area contributed by atoms with E-state index in [9.17, 15) is 5.11 Å². The van der Waals surface area contributed by atoms with E-state index in [1.807, 2.05) is 0 Å². The fourth-order valence-corrected chi connectivity index (χ4v) is 24.8. The van der Waals surface area contributed by atoms with E-state index < -0.39 is 18.4 Å². The molecule has 2 atom stereocenters. The zero-order valence-electron chi connectivity index (χ0n) is 19.4. The standard InChI is InChI=1S/C13H25O.3C4H9.Sn/c1-2-3-4-8-11-13(14)12-9-6-5-7-10-12;3*1-3-4-2;/h8,12-14H,2-7,9-11H2,1H3;3*1,3-4H2,2H3;/t13-;;;;/m1..../s1. The molecule has 0 aromatic rings. The molecular weight excluding hydrogens is 435 g/mol. The SMILES string of the molecule is CCCC[C@@H](C[C@@H](O)C1CCCCC1)[Sn]([CH2]CCC)([CH2]CCC)[CH2]CCC. The second kappa shape index (κ2) is 15.6. The molecule has 1 aliphatic rings. The summed E-state index contributed by atoms with van der Waals surface area (Å²) in [7, 11) is 0. The normalized spacial score (nSPS) is 18.6. The van der Waals surface area contributed by atoms with Crippen LogP contribution in [-0.2, 0) is 0 Å². The summed E-state index contributed by atoms with van der Waals surface area (Å²) in [5.41, 5.74) is 0. The molecule has 1 nitrogen and oxygen atoms in total. The van der Waals surface area contributed by atoms with E-state index >= 15 is 0 Å². The van der Waals surface area contributed by atoms with Crippen molar-refractivity contribution in [2.24, 2.45) is 5.92 Å². The minimum atomic E-state index is -2.24. The van der Waals surface area contributed by atoms with Crippen molar-refractivity contribution in [3.63, 3.8) is 0 Å². The second-order valence-corrected chi connectivity index (χ2v) is 24.1. The van der Waals surface area contributed by atoms with E-state index in [2.05, 4.69) is 27.7 Å². The first-order valence-electron chi connectivity index (χ1n) is 12.8. The Hall–Kier alpha value is 0.759. The van der Waals surface area contributed by atoms with Crippen molar-refractivity contribution in [1.29, 1.82) is 0 Å². The molecule has 1 N–H and O–H groups in total. The average molecular weight is 487 g/mol. The molecule has 0 heterocycles. The van der Waals surface area contributed by atoms with Gasteiger partial charge in [-0.15, -0.1) is 0 Å². The minimum absolute atomic E-state index is 0.00751. The number of hydrogen-bond donors (Lipinski definition) is 1. The monoisotopic (exact) mass is 488 g/mol. The molecule has 0 spiro atoms. The van der Waals surface area contributed by atoms with E-state index in [1.165, 1.54) is 96.3 Å². The third kappa shape index (κ3) is 9.41. The van der Waals surface area contributed by atoms with E-state index in [1.54, 1.807) is 13.3 Å². The van der Waals surface area contributed by atoms with Crippen LogP contribution in [0.5, 0.6) is 0 Å². The van der Waals surface area contributed by atoms with Crippen molar-refractivity contribution >= 4 is 18.4 Å². The molecule has 0 saturated heterocycles. The second-order valence-electron chi connectivity index (χ2n) is 9.71. The van der Waals surface area contributed by atoms with Gasteiger partial charge in [0.1, 0.15) is 0 Å². The van der Waals surface area contributed by atoms with E-state index in [0.717, 1.165) is 3.93 Å². The third-order valence-electron chi connectivity index (χ3n) is 7.58. The van der Waals surface area contributed by atoms with Gasteiger partial charge in [-0.3, -0.25) is 0 Å². The predicted molar refractivity (Wildman–Crippen MR) is 125 cm³/mol. The van der Waals surface area contributed by atoms with Crippen molar-refractivity contribution in [2.75, 3.05) is 0 Å². The molecule has 162 valence electrons. The van der Waals surface area contributed by atoms with Gasteiger partial charge in [0.15, 0.2) is 0 Å². The van der Waals surface area contributed by atoms with Gasteiger partial charge in [-0.25, -0.2) is 0 Å². The van der Waals surface area contributed by atoms with Gasteiger partial charge >= 0.3 is 177 Å². The Bertz CT molecular complexity index is 315. The van der Waals surface area contributed by atoms with Crippen molar-refractivity contribution in [1.82, 2.24) is 0 Å². The molecule has 0 unspecified atom stereocenters. The van der Waals surface area contributed by atoms with Gasteiger partial charge in [0.25, 0.3) is 0 Å². The van der Waals surface area contributed by atoms with Crippen LogP contribution < -0.4 is 0 Å². The Kier molecular flexibility index (Phi) is 14.9. The van der Waals surface area contributed by atoms with Gasteiger partial charge in [0, 0.05) is 0 Å². The number of rotatable bonds is 16. The molecule has 2 heteroatoms. The quantitative estimate of drug-likeness (QED) is 0.216. The van der Waals surface area contributed by atoms with Crippen LogP contribution in [0.1, 0.15) is 124 Å². The maximum atomic E-state index is 11.2. The average Bonchev–Trinajstić information content (AvgIpc) is 2.71. The first-order chi connectivity index (χ1) is 13.1. The summed E-state index contributed by atoms with van der Waals surface area (Å²) in [5, 5.41) is 11.2. The summed E-state index contributed by atoms with van der Waals surface area (Å²) in [6.07, 6.45) is 20.5. The molecule has 0 radical (unpaired) electrons. The van der Waals surface area contributed by atoms with Gasteiger partial charge in [0.2, 0.25) is 0 Å². The van der Waals surface area contributed by atoms with Gasteiger partial charge in [-0.2, -0.15) is 0 Å². The molecule has 0 aromatic carbocycles. The summed E-state index contributed by atoms with van der Waals surface area (Å²) in [6, 6.07) is 0. The van der Waals surface area contributed by atoms with Crippen LogP contribution in [0.15, 0.2) is 0 Å². The number of unbranched alkanes of at least 4 members (excludes halogenated alkanes) is 4. The Balaban J connectivity index is 2.97. The number of hydrogen-bond acceptors (Lipinski definition) is 1. The number of aliphatic hydroxyl groups excluding tert-OH is 1. The first kappa shape index (κ1) is 25.8. The predicted octanol–water partition coefficient (Wildman–Crippen LogP) is 8.73. The van der Waals surface area contributed by atoms with E-state index in [0.29, 0.717) is 5.92 Å². The van der Waals surface area contributed by atoms with Crippen molar-refractivity contribution in [2.45, 2.75) is 147 Å². The number of aliphatic hydroxyl groups is 1. The molecule has 0 amide bonds. The first-order valence-corrected chi connectivity index (χ1v) is 20.5. The molecule has 1 rings (SSSR count). The zero-order chi connectivity index (χ0) is 20.0. The Labute approximate surface area is 176 Å². The van der Waals surface area contributed by atoms with Crippen LogP contribution in [-0.4, -0.2) is 29.6 Å². The van der Waals surface area contributed by atoms with Gasteiger partial charge in [-0.1, -0.05) is 0 Å². The molecule has 27 heavy (non-hydrogen) atoms. The van der Waals surface area contributed by atoms with Crippen LogP contribution in [0.25, 0.3) is 0 Å². The Morgan fingerprint density at radius 1 is 0.741 bits per heavy atom. The van der Waals surface area contributed by atoms with Crippen LogP contribution in [0.3, 0.4) is 0 Å². The fraction of sp³-hybridized carbons (Fsp3) is 1.00. The maximum absolute atomic E-state index is 11.2. The van der Waals surface area contributed by atoms with Crippen molar-refractivity contribution in [3.05, 3.63) is 0 Å². The molecule has 0 aliphatic heterocycles. The van der Waals surface area contributed by atoms with Crippen LogP contribution in [0.2, 0.25) is 17.2 Å². The van der Waals surface area contributed by atoms with Gasteiger partial charge in [0.05, 0.1) is 0 Å². The van der Waals surface area contributed by atoms with Crippen molar-refractivity contribution in [3.8, 4) is 0 Å². The molecule has 0 bridgehead atoms. The summed E-state index contributed by atoms with van der Waals surface area (Å²) in [4.78, 5) is 0. The van der Waals surface area contributed by atoms with Gasteiger partial charge < -0.3 is 0 Å². The topological polar surface area (TPSA) is 20.2 Å². The molecule has 1 fully saturated rings. The summed E-state index contributed by atoms with van der Waals surface area (Å²) < 4.78 is 5.77. The summed E-state index contributed by atoms with van der Waals surface area (Å²) >= 11 is -2.24. The molecule has 1 saturated carbocycles. The van der Waals surface area contributed by atoms with E-state index in [-0.39, 0.29) is 6.10 Å². The third-order valence-corrected chi connectivity index (χ3v) is 25.6. The van der Waals surface area contributed by atoms with Crippen LogP contribution >= 0.6 is 0 Å². The summed E-state index contributed by atoms with van der Waals surface area (Å²) in [5.74, 6) is 0.621. The molecule has 0 aromatic heterocycles. The zero-order valence-corrected chi connectivity index (χ0v) is 22.3.